The van der Waals surface area contributed by atoms with E-state index in [-0.39, 0.29) is 37.5 Å². The minimum absolute atomic E-state index is 0.0334. The highest BCUT2D eigenvalue weighted by molar-refractivity contribution is 6.03. The largest absolute Gasteiger partial charge is 0.394 e. The lowest BCUT2D eigenvalue weighted by Crippen LogP contribution is -2.66. The molecule has 0 radical (unpaired) electrons. The summed E-state index contributed by atoms with van der Waals surface area (Å²) in [5.74, 6) is -15.4. The first-order valence-electron chi connectivity index (χ1n) is 36.1. The number of hydrogen-bond acceptors (Lipinski definition) is 19. The van der Waals surface area contributed by atoms with Gasteiger partial charge in [0, 0.05) is 43.3 Å². The average Bonchev–Trinajstić information content (AvgIpc) is 1.81. The number of nitrogens with two attached hydrogens (primary N) is 2. The van der Waals surface area contributed by atoms with E-state index in [2.05, 4.69) is 84.7 Å². The Balaban J connectivity index is 2.11. The molecule has 0 bridgehead atoms. The Labute approximate surface area is 635 Å². The summed E-state index contributed by atoms with van der Waals surface area (Å²) in [5, 5.41) is 58.6. The Bertz CT molecular complexity index is 3640. The number of aromatic nitrogens is 1. The van der Waals surface area contributed by atoms with Crippen LogP contribution in [0, 0.1) is 17.8 Å². The molecule has 1 aromatic carbocycles. The zero-order valence-electron chi connectivity index (χ0n) is 66.2. The Hall–Kier alpha value is -10.3. The molecule has 17 amide bonds. The van der Waals surface area contributed by atoms with Crippen LogP contribution in [0.2, 0.25) is 0 Å². The SMILES string of the molecule is CC(=O)N[C@@H](Cc1c[nH]c2ccccc12)C(=O)N[C@H](C(=O)NC(C)(C)C(=O)NC(C)(C)C(=O)N[C@@H](C)C(=O)N[C@@H](CCC(N)=O)C(=O)N[C@@H](C)C(=O)NC(C)(C)C(=O)N[C@@H](CO)C(=O)NC(C)(C)C(=O)N[C@@H](C)C(=O)N[C@@H](CC(C)C)C(=O)NC(C)(C)C(=O)N[C@@H](CCC(N)=O)C(=O)N[C@H](CO)CC(C)C)C(C)C. The summed E-state index contributed by atoms with van der Waals surface area (Å²) in [6, 6.07) is -5.85. The molecule has 0 aliphatic carbocycles. The first-order chi connectivity index (χ1) is 50.1. The van der Waals surface area contributed by atoms with Crippen LogP contribution in [0.15, 0.2) is 30.5 Å². The van der Waals surface area contributed by atoms with Gasteiger partial charge in [-0.05, 0) is 145 Å². The van der Waals surface area contributed by atoms with Crippen molar-refractivity contribution < 1.29 is 91.7 Å². The van der Waals surface area contributed by atoms with Crippen LogP contribution >= 0.6 is 0 Å². The van der Waals surface area contributed by atoms with Gasteiger partial charge in [0.2, 0.25) is 100 Å². The minimum Gasteiger partial charge on any atom is -0.394 e. The molecule has 0 fully saturated rings. The summed E-state index contributed by atoms with van der Waals surface area (Å²) >= 11 is 0. The van der Waals surface area contributed by atoms with Crippen molar-refractivity contribution in [1.82, 2.24) is 84.7 Å². The number of benzene rings is 1. The maximum Gasteiger partial charge on any atom is 0.246 e. The molecule has 0 aliphatic rings. The summed E-state index contributed by atoms with van der Waals surface area (Å²) in [6.45, 7) is 27.0. The van der Waals surface area contributed by atoms with E-state index in [1.807, 2.05) is 38.1 Å². The van der Waals surface area contributed by atoms with Crippen LogP contribution in [0.25, 0.3) is 10.9 Å². The number of aliphatic hydroxyl groups excluding tert-OH is 2. The summed E-state index contributed by atoms with van der Waals surface area (Å²) in [6.07, 6.45) is 0.873. The molecule has 0 saturated carbocycles. The fraction of sp³-hybridized carbons (Fsp3) is 0.653. The van der Waals surface area contributed by atoms with Crippen molar-refractivity contribution >= 4 is 111 Å². The topological polar surface area (TPSA) is 579 Å². The minimum atomic E-state index is -1.92. The molecule has 2 rings (SSSR count). The van der Waals surface area contributed by atoms with Crippen molar-refractivity contribution in [1.29, 1.82) is 0 Å². The predicted molar refractivity (Wildman–Crippen MR) is 400 cm³/mol. The smallest absolute Gasteiger partial charge is 0.246 e. The van der Waals surface area contributed by atoms with Gasteiger partial charge in [-0.15, -0.1) is 0 Å². The Morgan fingerprint density at radius 2 is 0.789 bits per heavy atom. The highest BCUT2D eigenvalue weighted by Crippen LogP contribution is 2.21. The standard InChI is InChI=1S/C72H118N18O19/c1-35(2)29-43(33-91)80-58(100)47(26-28-52(74)95)83-65(107)70(15,16)87-60(102)48(30-36(3)4)82-55(97)39(8)77-63(105)68(11,12)88-61(103)50(34-92)84-66(108)69(13,14)86-56(98)40(9)76-57(99)46(25-27-51(73)94)81-54(96)38(7)78-64(106)71(17,18)90-67(109)72(19,20)89-62(104)53(37(5)6)85-59(101)49(79-41(10)93)31-42-32-75-45-24-22-21-23-44(42)45/h21-24,32,35-40,43,46-50,53,75,91-92H,25-31,33-34H2,1-20H3,(H2,73,94)(H2,74,95)(H,76,99)(H,77,105)(H,78,106)(H,79,93)(H,80,100)(H,81,96)(H,82,97)(H,83,107)(H,84,108)(H,85,101)(H,86,98)(H,87,102)(H,88,103)(H,89,104)(H,90,109)/t38-,39-,40-,43-,46-,47-,48-,49-,50-,53-/m0/s1. The van der Waals surface area contributed by atoms with E-state index in [0.29, 0.717) is 6.42 Å². The monoisotopic (exact) mass is 1540 g/mol. The molecular weight excluding hydrogens is 1420 g/mol. The van der Waals surface area contributed by atoms with Crippen molar-refractivity contribution in [2.45, 2.75) is 272 Å². The number of hydrogen-bond donors (Lipinski definition) is 20. The summed E-state index contributed by atoms with van der Waals surface area (Å²) < 4.78 is 0. The number of amides is 17. The number of fused-ring (bicyclic) bond motifs is 1. The Morgan fingerprint density at radius 1 is 0.394 bits per heavy atom. The number of carbonyl (C=O) groups is 17. The first kappa shape index (κ1) is 94.7. The van der Waals surface area contributed by atoms with Gasteiger partial charge >= 0.3 is 0 Å². The number of para-hydroxylation sites is 1. The second kappa shape index (κ2) is 41.3. The van der Waals surface area contributed by atoms with E-state index in [1.54, 1.807) is 33.9 Å². The van der Waals surface area contributed by atoms with Gasteiger partial charge in [-0.1, -0.05) is 59.7 Å². The molecule has 109 heavy (non-hydrogen) atoms. The van der Waals surface area contributed by atoms with Gasteiger partial charge in [-0.2, -0.15) is 0 Å². The molecule has 1 heterocycles. The van der Waals surface area contributed by atoms with E-state index in [4.69, 9.17) is 11.5 Å². The molecule has 2 aromatic rings. The quantitative estimate of drug-likeness (QED) is 0.0304. The molecule has 37 heteroatoms. The van der Waals surface area contributed by atoms with Crippen LogP contribution in [0.1, 0.15) is 183 Å². The summed E-state index contributed by atoms with van der Waals surface area (Å²) in [7, 11) is 0. The molecule has 37 nitrogen and oxygen atoms in total. The van der Waals surface area contributed by atoms with Crippen molar-refractivity contribution in [2.75, 3.05) is 13.2 Å². The number of rotatable bonds is 44. The highest BCUT2D eigenvalue weighted by atomic mass is 16.3. The molecule has 22 N–H and O–H groups in total. The molecule has 0 saturated heterocycles. The number of primary amides is 2. The lowest BCUT2D eigenvalue weighted by Gasteiger charge is -2.34. The van der Waals surface area contributed by atoms with E-state index in [1.165, 1.54) is 96.9 Å². The van der Waals surface area contributed by atoms with Crippen LogP contribution in [0.3, 0.4) is 0 Å². The van der Waals surface area contributed by atoms with Gasteiger partial charge < -0.3 is 106 Å². The van der Waals surface area contributed by atoms with Gasteiger partial charge in [0.1, 0.15) is 82.1 Å². The van der Waals surface area contributed by atoms with E-state index in [0.717, 1.165) is 16.5 Å². The molecule has 0 aliphatic heterocycles. The second-order valence-electron chi connectivity index (χ2n) is 31.2. The van der Waals surface area contributed by atoms with Crippen molar-refractivity contribution in [3.63, 3.8) is 0 Å². The van der Waals surface area contributed by atoms with Gasteiger partial charge in [0.05, 0.1) is 19.3 Å². The maximum absolute atomic E-state index is 13.9. The zero-order chi connectivity index (χ0) is 83.8. The normalized spacial score (nSPS) is 14.7. The van der Waals surface area contributed by atoms with Gasteiger partial charge in [0.25, 0.3) is 0 Å². The molecule has 1 aromatic heterocycles. The average molecular weight is 1540 g/mol. The number of aliphatic hydroxyl groups is 2. The third-order valence-corrected chi connectivity index (χ3v) is 17.4. The van der Waals surface area contributed by atoms with Crippen LogP contribution in [-0.4, -0.2) is 217 Å². The van der Waals surface area contributed by atoms with Crippen molar-refractivity contribution in [2.24, 2.45) is 29.2 Å². The fourth-order valence-corrected chi connectivity index (χ4v) is 10.7. The Kier molecular flexibility index (Phi) is 35.9. The number of nitrogens with one attached hydrogen (secondary N) is 16. The fourth-order valence-electron chi connectivity index (χ4n) is 10.7. The summed E-state index contributed by atoms with van der Waals surface area (Å²) in [5.41, 5.74) is 3.20. The molecule has 10 atom stereocenters. The molecular formula is C72H118N18O19. The molecule has 610 valence electrons. The van der Waals surface area contributed by atoms with Crippen molar-refractivity contribution in [3.05, 3.63) is 36.0 Å². The number of H-pyrrole nitrogens is 1. The van der Waals surface area contributed by atoms with Crippen molar-refractivity contribution in [3.8, 4) is 0 Å². The summed E-state index contributed by atoms with van der Waals surface area (Å²) in [4.78, 5) is 231. The van der Waals surface area contributed by atoms with E-state index in [9.17, 15) is 91.7 Å². The van der Waals surface area contributed by atoms with Gasteiger partial charge in [0.15, 0.2) is 0 Å². The second-order valence-corrected chi connectivity index (χ2v) is 31.2. The zero-order valence-corrected chi connectivity index (χ0v) is 66.2. The third-order valence-electron chi connectivity index (χ3n) is 17.4. The lowest BCUT2D eigenvalue weighted by molar-refractivity contribution is -0.139. The highest BCUT2D eigenvalue weighted by Gasteiger charge is 2.43. The maximum atomic E-state index is 13.9. The molecule has 0 unspecified atom stereocenters. The number of aromatic amines is 1. The van der Waals surface area contributed by atoms with Crippen LogP contribution in [-0.2, 0) is 87.9 Å². The van der Waals surface area contributed by atoms with Crippen LogP contribution in [0.5, 0.6) is 0 Å². The van der Waals surface area contributed by atoms with Crippen LogP contribution < -0.4 is 91.2 Å². The third kappa shape index (κ3) is 30.7. The van der Waals surface area contributed by atoms with Gasteiger partial charge in [-0.25, -0.2) is 0 Å². The Morgan fingerprint density at radius 3 is 1.25 bits per heavy atom. The van der Waals surface area contributed by atoms with Gasteiger partial charge in [-0.3, -0.25) is 81.5 Å². The molecule has 0 spiro atoms. The predicted octanol–water partition coefficient (Wildman–Crippen LogP) is -3.62. The van der Waals surface area contributed by atoms with Crippen LogP contribution in [0.4, 0.5) is 0 Å². The van der Waals surface area contributed by atoms with E-state index >= 15 is 0 Å². The number of carbonyl (C=O) groups excluding carboxylic acids is 17. The first-order valence-corrected chi connectivity index (χ1v) is 36.1. The lowest BCUT2D eigenvalue weighted by atomic mass is 9.96. The van der Waals surface area contributed by atoms with E-state index < -0.39 is 221 Å².